The van der Waals surface area contributed by atoms with Crippen LogP contribution in [0.4, 0.5) is 0 Å². The van der Waals surface area contributed by atoms with Crippen LogP contribution in [0.5, 0.6) is 0 Å². The van der Waals surface area contributed by atoms with E-state index < -0.39 is 8.07 Å². The van der Waals surface area contributed by atoms with Gasteiger partial charge in [0.15, 0.2) is 0 Å². The van der Waals surface area contributed by atoms with Crippen LogP contribution in [-0.4, -0.2) is 23.3 Å². The first-order chi connectivity index (χ1) is 7.99. The minimum atomic E-state index is -1.68. The zero-order valence-corrected chi connectivity index (χ0v) is 12.2. The molecule has 2 rings (SSSR count). The molecule has 0 bridgehead atoms. The van der Waals surface area contributed by atoms with Crippen molar-refractivity contribution < 1.29 is 0 Å². The monoisotopic (exact) mass is 285 g/mol. The van der Waals surface area contributed by atoms with E-state index in [-0.39, 0.29) is 0 Å². The summed E-state index contributed by atoms with van der Waals surface area (Å²) >= 11 is 12.2. The van der Waals surface area contributed by atoms with Crippen molar-refractivity contribution in [2.75, 3.05) is 0 Å². The third-order valence-corrected chi connectivity index (χ3v) is 6.55. The zero-order chi connectivity index (χ0) is 12.5. The minimum Gasteiger partial charge on any atom is -0.264 e. The molecule has 0 saturated heterocycles. The third-order valence-electron chi connectivity index (χ3n) is 2.73. The molecule has 0 aliphatic rings. The van der Waals surface area contributed by atoms with E-state index in [0.29, 0.717) is 5.02 Å². The second kappa shape index (κ2) is 4.80. The van der Waals surface area contributed by atoms with Crippen LogP contribution in [-0.2, 0) is 6.04 Å². The summed E-state index contributed by atoms with van der Waals surface area (Å²) < 4.78 is 0. The summed E-state index contributed by atoms with van der Waals surface area (Å²) in [6.07, 6.45) is 1.53. The van der Waals surface area contributed by atoms with Gasteiger partial charge in [0.1, 0.15) is 12.2 Å². The van der Waals surface area contributed by atoms with Crippen LogP contribution in [0, 0.1) is 0 Å². The van der Waals surface area contributed by atoms with Crippen LogP contribution in [0.3, 0.4) is 0 Å². The fourth-order valence-electron chi connectivity index (χ4n) is 1.87. The van der Waals surface area contributed by atoms with Gasteiger partial charge in [-0.3, -0.25) is 5.10 Å². The largest absolute Gasteiger partial charge is 0.264 e. The van der Waals surface area contributed by atoms with Gasteiger partial charge in [0.05, 0.1) is 8.07 Å². The highest BCUT2D eigenvalue weighted by atomic mass is 35.5. The highest BCUT2D eigenvalue weighted by molar-refractivity contribution is 6.90. The summed E-state index contributed by atoms with van der Waals surface area (Å²) in [5.74, 6) is 0.910. The molecule has 2 aromatic rings. The molecule has 0 spiro atoms. The van der Waals surface area contributed by atoms with Crippen molar-refractivity contribution in [3.05, 3.63) is 40.4 Å². The molecule has 1 aromatic carbocycles. The summed E-state index contributed by atoms with van der Waals surface area (Å²) in [4.78, 5) is 4.17. The Bertz CT molecular complexity index is 511. The van der Waals surface area contributed by atoms with Crippen LogP contribution >= 0.6 is 23.2 Å². The molecular formula is C11H13Cl2N3Si. The summed E-state index contributed by atoms with van der Waals surface area (Å²) in [5.41, 5.74) is 0. The summed E-state index contributed by atoms with van der Waals surface area (Å²) in [6, 6.07) is 6.59. The Balaban J connectivity index is 2.30. The van der Waals surface area contributed by atoms with Gasteiger partial charge < -0.3 is 0 Å². The van der Waals surface area contributed by atoms with Crippen molar-refractivity contribution in [1.82, 2.24) is 15.2 Å². The summed E-state index contributed by atoms with van der Waals surface area (Å²) in [6.45, 7) is 4.51. The molecule has 90 valence electrons. The Morgan fingerprint density at radius 2 is 2.06 bits per heavy atom. The Morgan fingerprint density at radius 3 is 2.65 bits per heavy atom. The lowest BCUT2D eigenvalue weighted by molar-refractivity contribution is 1.01. The van der Waals surface area contributed by atoms with Crippen LogP contribution < -0.4 is 5.19 Å². The Morgan fingerprint density at radius 1 is 1.29 bits per heavy atom. The Labute approximate surface area is 111 Å². The molecule has 1 aromatic heterocycles. The van der Waals surface area contributed by atoms with E-state index in [0.717, 1.165) is 16.9 Å². The predicted molar refractivity (Wildman–Crippen MR) is 73.7 cm³/mol. The van der Waals surface area contributed by atoms with Gasteiger partial charge in [-0.15, -0.1) is 0 Å². The quantitative estimate of drug-likeness (QED) is 0.882. The highest BCUT2D eigenvalue weighted by Crippen LogP contribution is 2.19. The van der Waals surface area contributed by atoms with Crippen molar-refractivity contribution in [2.45, 2.75) is 19.1 Å². The minimum absolute atomic E-state index is 0.670. The van der Waals surface area contributed by atoms with Crippen LogP contribution in [0.15, 0.2) is 24.5 Å². The van der Waals surface area contributed by atoms with Crippen LogP contribution in [0.2, 0.25) is 23.1 Å². The molecule has 0 radical (unpaired) electrons. The smallest absolute Gasteiger partial charge is 0.137 e. The molecule has 0 aliphatic carbocycles. The first kappa shape index (κ1) is 12.6. The molecule has 0 aliphatic heterocycles. The summed E-state index contributed by atoms with van der Waals surface area (Å²) in [5, 5.41) is 9.38. The van der Waals surface area contributed by atoms with Gasteiger partial charge in [0.25, 0.3) is 0 Å². The number of benzene rings is 1. The molecule has 17 heavy (non-hydrogen) atoms. The number of aromatic nitrogens is 3. The predicted octanol–water partition coefficient (Wildman–Crippen LogP) is 2.81. The Kier molecular flexibility index (Phi) is 3.56. The fraction of sp³-hybridized carbons (Fsp3) is 0.273. The fourth-order valence-corrected chi connectivity index (χ4v) is 5.50. The molecule has 0 unspecified atom stereocenters. The maximum Gasteiger partial charge on any atom is 0.137 e. The van der Waals surface area contributed by atoms with Crippen molar-refractivity contribution in [2.24, 2.45) is 0 Å². The lowest BCUT2D eigenvalue weighted by atomic mass is 10.4. The van der Waals surface area contributed by atoms with E-state index in [1.807, 2.05) is 12.1 Å². The molecule has 0 fully saturated rings. The molecule has 3 nitrogen and oxygen atoms in total. The average Bonchev–Trinajstić information content (AvgIpc) is 2.68. The van der Waals surface area contributed by atoms with E-state index in [9.17, 15) is 0 Å². The van der Waals surface area contributed by atoms with Gasteiger partial charge in [-0.1, -0.05) is 42.4 Å². The first-order valence-electron chi connectivity index (χ1n) is 5.29. The molecule has 1 heterocycles. The lowest BCUT2D eigenvalue weighted by Crippen LogP contribution is -2.45. The average molecular weight is 286 g/mol. The van der Waals surface area contributed by atoms with Crippen molar-refractivity contribution >= 4 is 36.5 Å². The SMILES string of the molecule is C[Si](C)(Cc1ncn[nH]1)c1ccc(Cl)cc1Cl. The zero-order valence-electron chi connectivity index (χ0n) is 9.67. The van der Waals surface area contributed by atoms with E-state index in [2.05, 4.69) is 28.3 Å². The van der Waals surface area contributed by atoms with Gasteiger partial charge >= 0.3 is 0 Å². The molecule has 1 N–H and O–H groups in total. The Hall–Kier alpha value is -0.843. The number of H-pyrrole nitrogens is 1. The topological polar surface area (TPSA) is 41.6 Å². The van der Waals surface area contributed by atoms with Crippen molar-refractivity contribution in [3.8, 4) is 0 Å². The number of hydrogen-bond acceptors (Lipinski definition) is 2. The van der Waals surface area contributed by atoms with Gasteiger partial charge in [-0.25, -0.2) is 4.98 Å². The van der Waals surface area contributed by atoms with Crippen LogP contribution in [0.25, 0.3) is 0 Å². The standard InChI is InChI=1S/C11H13Cl2N3Si/c1-17(2,6-11-14-7-15-16-11)10-4-3-8(12)5-9(10)13/h3-5,7H,6H2,1-2H3,(H,14,15,16). The van der Waals surface area contributed by atoms with E-state index in [1.165, 1.54) is 11.5 Å². The van der Waals surface area contributed by atoms with Gasteiger partial charge in [0.2, 0.25) is 0 Å². The molecule has 0 saturated carbocycles. The van der Waals surface area contributed by atoms with Crippen molar-refractivity contribution in [1.29, 1.82) is 0 Å². The van der Waals surface area contributed by atoms with E-state index >= 15 is 0 Å². The number of nitrogens with one attached hydrogen (secondary N) is 1. The maximum absolute atomic E-state index is 6.26. The second-order valence-electron chi connectivity index (χ2n) is 4.62. The third kappa shape index (κ3) is 2.88. The molecule has 0 amide bonds. The number of nitrogens with zero attached hydrogens (tertiary/aromatic N) is 2. The molecule has 0 atom stereocenters. The molecular weight excluding hydrogens is 273 g/mol. The lowest BCUT2D eigenvalue weighted by Gasteiger charge is -2.23. The summed E-state index contributed by atoms with van der Waals surface area (Å²) in [7, 11) is -1.68. The number of aromatic amines is 1. The number of halogens is 2. The normalized spacial score (nSPS) is 11.8. The van der Waals surface area contributed by atoms with Gasteiger partial charge in [-0.2, -0.15) is 5.10 Å². The van der Waals surface area contributed by atoms with E-state index in [1.54, 1.807) is 6.07 Å². The first-order valence-corrected chi connectivity index (χ1v) is 9.25. The second-order valence-corrected chi connectivity index (χ2v) is 10.1. The van der Waals surface area contributed by atoms with Crippen molar-refractivity contribution in [3.63, 3.8) is 0 Å². The molecule has 6 heteroatoms. The van der Waals surface area contributed by atoms with Gasteiger partial charge in [-0.05, 0) is 17.3 Å². The number of rotatable bonds is 3. The van der Waals surface area contributed by atoms with Crippen LogP contribution in [0.1, 0.15) is 5.82 Å². The maximum atomic E-state index is 6.26. The highest BCUT2D eigenvalue weighted by Gasteiger charge is 2.27. The van der Waals surface area contributed by atoms with E-state index in [4.69, 9.17) is 23.2 Å². The van der Waals surface area contributed by atoms with Gasteiger partial charge in [0, 0.05) is 16.1 Å². The number of hydrogen-bond donors (Lipinski definition) is 1.